The highest BCUT2D eigenvalue weighted by Gasteiger charge is 2.45. The number of halogens is 1. The molecule has 1 atom stereocenters. The van der Waals surface area contributed by atoms with Crippen LogP contribution in [0.1, 0.15) is 72.4 Å². The van der Waals surface area contributed by atoms with Crippen LogP contribution in [-0.2, 0) is 34.1 Å². The number of rotatable bonds is 8. The van der Waals surface area contributed by atoms with Crippen LogP contribution in [0.5, 0.6) is 0 Å². The van der Waals surface area contributed by atoms with E-state index in [4.69, 9.17) is 19.2 Å². The third-order valence-electron chi connectivity index (χ3n) is 5.70. The van der Waals surface area contributed by atoms with Crippen LogP contribution in [0.4, 0.5) is 4.39 Å². The minimum Gasteiger partial charge on any atom is -0.463 e. The maximum Gasteiger partial charge on any atom is 0.338 e. The molecule has 0 saturated carbocycles. The quantitative estimate of drug-likeness (QED) is 0.265. The Hall–Kier alpha value is -3.60. The van der Waals surface area contributed by atoms with Crippen molar-refractivity contribution in [2.75, 3.05) is 6.61 Å². The van der Waals surface area contributed by atoms with Gasteiger partial charge in [0.2, 0.25) is 0 Å². The normalized spacial score (nSPS) is 17.7. The van der Waals surface area contributed by atoms with E-state index in [1.807, 2.05) is 0 Å². The predicted octanol–water partition coefficient (Wildman–Crippen LogP) is 5.05. The number of nitrogens with zero attached hydrogens (tertiary/aromatic N) is 2. The second-order valence-electron chi connectivity index (χ2n) is 11.4. The molecule has 0 spiro atoms. The lowest BCUT2D eigenvalue weighted by Gasteiger charge is -2.36. The summed E-state index contributed by atoms with van der Waals surface area (Å²) in [6.45, 7) is 13.6. The van der Waals surface area contributed by atoms with Gasteiger partial charge >= 0.3 is 17.9 Å². The molecule has 0 fully saturated rings. The number of carbonyl (C=O) groups is 3. The first-order chi connectivity index (χ1) is 18.5. The van der Waals surface area contributed by atoms with Crippen molar-refractivity contribution in [1.29, 1.82) is 0 Å². The maximum absolute atomic E-state index is 13.9. The number of hydrogen-bond acceptors (Lipinski definition) is 10. The molecule has 11 heteroatoms. The number of nitrogens with one attached hydrogen (secondary N) is 1. The number of ether oxygens (including phenoxy) is 3. The number of aliphatic imine (C=N–C) groups is 1. The average molecular weight is 574 g/mol. The van der Waals surface area contributed by atoms with E-state index in [1.54, 1.807) is 67.0 Å². The summed E-state index contributed by atoms with van der Waals surface area (Å²) in [4.78, 5) is 49.5. The molecule has 2 aromatic rings. The molecular formula is C29H36FN3O6S. The standard InChI is InChI=1S/C29H36FN3O6S/c1-9-37-26(36)21-20(16-19(24(34)38-27(2,3)4)25(35)39-28(5,6)7)32-22(23-31-14-15-40-23)33-29(21,8)17-10-12-18(30)13-11-17/h10-15,19H,9,16H2,1-8H3,(H,32,33). The van der Waals surface area contributed by atoms with Gasteiger partial charge in [0.1, 0.15) is 22.6 Å². The van der Waals surface area contributed by atoms with Gasteiger partial charge in [-0.3, -0.25) is 9.59 Å². The summed E-state index contributed by atoms with van der Waals surface area (Å²) in [5, 5.41) is 5.42. The van der Waals surface area contributed by atoms with E-state index in [-0.39, 0.29) is 24.3 Å². The van der Waals surface area contributed by atoms with Crippen molar-refractivity contribution >= 4 is 35.1 Å². The van der Waals surface area contributed by atoms with E-state index in [0.717, 1.165) is 0 Å². The van der Waals surface area contributed by atoms with Gasteiger partial charge in [-0.25, -0.2) is 19.2 Å². The predicted molar refractivity (Wildman–Crippen MR) is 149 cm³/mol. The second-order valence-corrected chi connectivity index (χ2v) is 12.3. The zero-order valence-corrected chi connectivity index (χ0v) is 24.9. The molecule has 1 unspecified atom stereocenters. The second kappa shape index (κ2) is 11.9. The number of thiazole rings is 1. The highest BCUT2D eigenvalue weighted by molar-refractivity contribution is 7.11. The molecule has 1 aliphatic rings. The molecule has 0 aliphatic carbocycles. The molecule has 0 radical (unpaired) electrons. The first kappa shape index (κ1) is 30.9. The minimum absolute atomic E-state index is 0.0679. The van der Waals surface area contributed by atoms with Gasteiger partial charge in [0.05, 0.1) is 12.2 Å². The molecule has 0 saturated heterocycles. The summed E-state index contributed by atoms with van der Waals surface area (Å²) in [6.07, 6.45) is 1.33. The largest absolute Gasteiger partial charge is 0.463 e. The SMILES string of the molecule is CCOC(=O)C1=C(CC(C(=O)OC(C)(C)C)C(=O)OC(C)(C)C)NC(c2nccs2)=NC1(C)c1ccc(F)cc1. The minimum atomic E-state index is -1.42. The number of esters is 3. The smallest absolute Gasteiger partial charge is 0.338 e. The number of amidine groups is 1. The number of allylic oxidation sites excluding steroid dienone is 1. The summed E-state index contributed by atoms with van der Waals surface area (Å²) in [5.74, 6) is -3.87. The molecule has 216 valence electrons. The van der Waals surface area contributed by atoms with E-state index >= 15 is 0 Å². The molecular weight excluding hydrogens is 537 g/mol. The van der Waals surface area contributed by atoms with Crippen LogP contribution in [0.2, 0.25) is 0 Å². The number of hydrogen-bond donors (Lipinski definition) is 1. The van der Waals surface area contributed by atoms with Gasteiger partial charge in [-0.1, -0.05) is 12.1 Å². The summed E-state index contributed by atoms with van der Waals surface area (Å²) in [5.41, 5.74) is -2.37. The molecule has 1 aromatic heterocycles. The van der Waals surface area contributed by atoms with Crippen molar-refractivity contribution in [1.82, 2.24) is 10.3 Å². The first-order valence-electron chi connectivity index (χ1n) is 12.9. The van der Waals surface area contributed by atoms with E-state index in [0.29, 0.717) is 16.4 Å². The van der Waals surface area contributed by atoms with Gasteiger partial charge in [-0.2, -0.15) is 0 Å². The number of aromatic nitrogens is 1. The van der Waals surface area contributed by atoms with Crippen molar-refractivity contribution in [3.05, 3.63) is 63.5 Å². The zero-order valence-electron chi connectivity index (χ0n) is 24.1. The van der Waals surface area contributed by atoms with Gasteiger partial charge in [0, 0.05) is 23.7 Å². The molecule has 1 aromatic carbocycles. The Morgan fingerprint density at radius 1 is 1.02 bits per heavy atom. The fourth-order valence-electron chi connectivity index (χ4n) is 4.12. The van der Waals surface area contributed by atoms with Crippen molar-refractivity contribution in [2.24, 2.45) is 10.9 Å². The Morgan fingerprint density at radius 3 is 2.08 bits per heavy atom. The summed E-state index contributed by atoms with van der Waals surface area (Å²) in [6, 6.07) is 5.60. The topological polar surface area (TPSA) is 116 Å². The summed E-state index contributed by atoms with van der Waals surface area (Å²) in [7, 11) is 0. The molecule has 0 bridgehead atoms. The number of carbonyl (C=O) groups excluding carboxylic acids is 3. The first-order valence-corrected chi connectivity index (χ1v) is 13.8. The van der Waals surface area contributed by atoms with Crippen LogP contribution in [0, 0.1) is 11.7 Å². The van der Waals surface area contributed by atoms with Crippen molar-refractivity contribution in [2.45, 2.75) is 78.6 Å². The fraction of sp³-hybridized carbons (Fsp3) is 0.483. The van der Waals surface area contributed by atoms with Crippen LogP contribution >= 0.6 is 11.3 Å². The Balaban J connectivity index is 2.24. The third-order valence-corrected chi connectivity index (χ3v) is 6.48. The Bertz CT molecular complexity index is 1280. The van der Waals surface area contributed by atoms with Gasteiger partial charge in [0.15, 0.2) is 16.8 Å². The lowest BCUT2D eigenvalue weighted by molar-refractivity contribution is -0.174. The highest BCUT2D eigenvalue weighted by atomic mass is 32.1. The van der Waals surface area contributed by atoms with Gasteiger partial charge in [0.25, 0.3) is 0 Å². The Labute approximate surface area is 237 Å². The van der Waals surface area contributed by atoms with E-state index in [2.05, 4.69) is 10.3 Å². The Morgan fingerprint density at radius 2 is 1.60 bits per heavy atom. The summed E-state index contributed by atoms with van der Waals surface area (Å²) < 4.78 is 30.5. The van der Waals surface area contributed by atoms with E-state index < -0.39 is 46.4 Å². The fourth-order valence-corrected chi connectivity index (χ4v) is 4.70. The van der Waals surface area contributed by atoms with E-state index in [1.165, 1.54) is 35.6 Å². The summed E-state index contributed by atoms with van der Waals surface area (Å²) >= 11 is 1.31. The lowest BCUT2D eigenvalue weighted by atomic mass is 9.80. The molecule has 9 nitrogen and oxygen atoms in total. The molecule has 2 heterocycles. The van der Waals surface area contributed by atoms with Crippen LogP contribution < -0.4 is 5.32 Å². The lowest BCUT2D eigenvalue weighted by Crippen LogP contribution is -2.44. The van der Waals surface area contributed by atoms with Gasteiger partial charge < -0.3 is 19.5 Å². The Kier molecular flexibility index (Phi) is 9.18. The molecule has 40 heavy (non-hydrogen) atoms. The highest BCUT2D eigenvalue weighted by Crippen LogP contribution is 2.40. The number of benzene rings is 1. The van der Waals surface area contributed by atoms with Crippen LogP contribution in [0.15, 0.2) is 52.1 Å². The molecule has 0 amide bonds. The van der Waals surface area contributed by atoms with Gasteiger partial charge in [-0.05, 0) is 73.1 Å². The molecule has 1 N–H and O–H groups in total. The molecule has 1 aliphatic heterocycles. The van der Waals surface area contributed by atoms with E-state index in [9.17, 15) is 18.8 Å². The monoisotopic (exact) mass is 573 g/mol. The van der Waals surface area contributed by atoms with Crippen molar-refractivity contribution < 1.29 is 33.0 Å². The van der Waals surface area contributed by atoms with Crippen LogP contribution in [0.3, 0.4) is 0 Å². The zero-order chi connectivity index (χ0) is 29.9. The van der Waals surface area contributed by atoms with Crippen LogP contribution in [-0.4, -0.2) is 46.5 Å². The van der Waals surface area contributed by atoms with Gasteiger partial charge in [-0.15, -0.1) is 11.3 Å². The van der Waals surface area contributed by atoms with Crippen molar-refractivity contribution in [3.8, 4) is 0 Å². The maximum atomic E-state index is 13.9. The molecule has 3 rings (SSSR count). The average Bonchev–Trinajstić information content (AvgIpc) is 3.35. The third kappa shape index (κ3) is 7.53. The van der Waals surface area contributed by atoms with Crippen molar-refractivity contribution in [3.63, 3.8) is 0 Å². The van der Waals surface area contributed by atoms with Crippen LogP contribution in [0.25, 0.3) is 0 Å².